The van der Waals surface area contributed by atoms with E-state index in [-0.39, 0.29) is 27.9 Å². The van der Waals surface area contributed by atoms with Gasteiger partial charge in [0.1, 0.15) is 23.0 Å². The van der Waals surface area contributed by atoms with Crippen LogP contribution in [-0.2, 0) is 14.3 Å². The van der Waals surface area contributed by atoms with Crippen molar-refractivity contribution < 1.29 is 38.4 Å². The van der Waals surface area contributed by atoms with E-state index >= 15 is 0 Å². The summed E-state index contributed by atoms with van der Waals surface area (Å²) in [7, 11) is 0. The number of carbonyl (C=O) groups excluding carboxylic acids is 3. The number of unbranched alkanes of at least 4 members (excludes halogenated alkanes) is 1. The minimum Gasteiger partial charge on any atom is -0.507 e. The van der Waals surface area contributed by atoms with E-state index in [0.717, 1.165) is 24.2 Å². The van der Waals surface area contributed by atoms with Crippen LogP contribution in [0.5, 0.6) is 17.2 Å². The average molecular weight is 621 g/mol. The maximum absolute atomic E-state index is 13.7. The highest BCUT2D eigenvalue weighted by atomic mass is 32.1. The molecule has 11 heteroatoms. The minimum atomic E-state index is -1.09. The molecule has 1 fully saturated rings. The second kappa shape index (κ2) is 14.7. The molecule has 0 aliphatic carbocycles. The van der Waals surface area contributed by atoms with Crippen LogP contribution in [0.3, 0.4) is 0 Å². The van der Waals surface area contributed by atoms with Crippen molar-refractivity contribution >= 4 is 39.9 Å². The Morgan fingerprint density at radius 2 is 1.77 bits per heavy atom. The summed E-state index contributed by atoms with van der Waals surface area (Å²) in [6, 6.07) is 10.6. The first-order valence-electron chi connectivity index (χ1n) is 14.4. The number of aliphatic hydroxyl groups excluding tert-OH is 1. The third-order valence-electron chi connectivity index (χ3n) is 6.73. The molecule has 1 unspecified atom stereocenters. The molecule has 1 amide bonds. The summed E-state index contributed by atoms with van der Waals surface area (Å²) in [4.78, 5) is 45.9. The van der Waals surface area contributed by atoms with Crippen molar-refractivity contribution in [2.75, 3.05) is 31.3 Å². The van der Waals surface area contributed by atoms with E-state index in [1.807, 2.05) is 13.8 Å². The fraction of sp³-hybridized carbons (Fsp3) is 0.333. The van der Waals surface area contributed by atoms with Gasteiger partial charge in [0, 0.05) is 5.56 Å². The first-order chi connectivity index (χ1) is 21.2. The summed E-state index contributed by atoms with van der Waals surface area (Å²) in [5, 5.41) is 11.6. The topological polar surface area (TPSA) is 124 Å². The zero-order chi connectivity index (χ0) is 31.8. The largest absolute Gasteiger partial charge is 0.507 e. The van der Waals surface area contributed by atoms with Gasteiger partial charge in [-0.1, -0.05) is 43.4 Å². The zero-order valence-corrected chi connectivity index (χ0v) is 26.1. The predicted molar refractivity (Wildman–Crippen MR) is 168 cm³/mol. The van der Waals surface area contributed by atoms with Crippen molar-refractivity contribution in [3.8, 4) is 17.2 Å². The van der Waals surface area contributed by atoms with Crippen LogP contribution in [0.2, 0.25) is 0 Å². The fourth-order valence-corrected chi connectivity index (χ4v) is 5.65. The van der Waals surface area contributed by atoms with Crippen molar-refractivity contribution in [2.24, 2.45) is 0 Å². The Kier molecular flexibility index (Phi) is 10.8. The molecule has 1 saturated heterocycles. The van der Waals surface area contributed by atoms with Gasteiger partial charge in [-0.25, -0.2) is 9.78 Å². The number of nitrogens with zero attached hydrogens (tertiary/aromatic N) is 2. The summed E-state index contributed by atoms with van der Waals surface area (Å²) in [5.41, 5.74) is 1.00. The number of benzene rings is 2. The Morgan fingerprint density at radius 3 is 2.43 bits per heavy atom. The Balaban J connectivity index is 1.88. The SMILES string of the molecule is C=CCOC(=O)c1sc(N2C(=O)C(=O)/C(=C(/O)c3ccc(OCC)cc3)C2c2ccc(OCCCC)c(OCC)c2)nc1C. The van der Waals surface area contributed by atoms with Crippen LogP contribution in [0.25, 0.3) is 5.76 Å². The smallest absolute Gasteiger partial charge is 0.350 e. The zero-order valence-electron chi connectivity index (χ0n) is 25.3. The number of carbonyl (C=O) groups is 3. The average Bonchev–Trinajstić information content (AvgIpc) is 3.53. The van der Waals surface area contributed by atoms with Gasteiger partial charge < -0.3 is 24.1 Å². The van der Waals surface area contributed by atoms with Gasteiger partial charge in [0.25, 0.3) is 5.78 Å². The lowest BCUT2D eigenvalue weighted by atomic mass is 9.95. The number of rotatable bonds is 14. The molecular formula is C33H36N2O8S. The Hall–Kier alpha value is -4.64. The molecule has 0 spiro atoms. The van der Waals surface area contributed by atoms with E-state index < -0.39 is 23.7 Å². The van der Waals surface area contributed by atoms with Crippen LogP contribution in [0.15, 0.2) is 60.7 Å². The first-order valence-corrected chi connectivity index (χ1v) is 15.3. The predicted octanol–water partition coefficient (Wildman–Crippen LogP) is 6.40. The van der Waals surface area contributed by atoms with E-state index in [2.05, 4.69) is 18.5 Å². The van der Waals surface area contributed by atoms with Crippen LogP contribution < -0.4 is 19.1 Å². The molecule has 44 heavy (non-hydrogen) atoms. The highest BCUT2D eigenvalue weighted by Gasteiger charge is 2.48. The van der Waals surface area contributed by atoms with Gasteiger partial charge >= 0.3 is 11.9 Å². The lowest BCUT2D eigenvalue weighted by Crippen LogP contribution is -2.29. The second-order valence-corrected chi connectivity index (χ2v) is 10.7. The quantitative estimate of drug-likeness (QED) is 0.0545. The van der Waals surface area contributed by atoms with Crippen molar-refractivity contribution in [2.45, 2.75) is 46.6 Å². The van der Waals surface area contributed by atoms with Gasteiger partial charge in [-0.05, 0) is 69.2 Å². The Labute approximate surface area is 260 Å². The highest BCUT2D eigenvalue weighted by molar-refractivity contribution is 7.17. The maximum Gasteiger partial charge on any atom is 0.350 e. The molecular weight excluding hydrogens is 584 g/mol. The third kappa shape index (κ3) is 6.78. The number of aliphatic hydroxyl groups is 1. The van der Waals surface area contributed by atoms with E-state index in [9.17, 15) is 19.5 Å². The number of hydrogen-bond acceptors (Lipinski definition) is 10. The second-order valence-electron chi connectivity index (χ2n) is 9.77. The van der Waals surface area contributed by atoms with E-state index in [4.69, 9.17) is 18.9 Å². The third-order valence-corrected chi connectivity index (χ3v) is 7.87. The summed E-state index contributed by atoms with van der Waals surface area (Å²) in [6.45, 7) is 12.2. The first kappa shape index (κ1) is 32.3. The lowest BCUT2D eigenvalue weighted by Gasteiger charge is -2.24. The van der Waals surface area contributed by atoms with Crippen molar-refractivity contribution in [1.29, 1.82) is 0 Å². The molecule has 0 bridgehead atoms. The molecule has 2 aromatic carbocycles. The maximum atomic E-state index is 13.7. The molecule has 0 saturated carbocycles. The van der Waals surface area contributed by atoms with Gasteiger partial charge in [-0.2, -0.15) is 0 Å². The van der Waals surface area contributed by atoms with Gasteiger partial charge in [-0.15, -0.1) is 0 Å². The highest BCUT2D eigenvalue weighted by Crippen LogP contribution is 2.45. The Bertz CT molecular complexity index is 1560. The summed E-state index contributed by atoms with van der Waals surface area (Å²) >= 11 is 0.924. The van der Waals surface area contributed by atoms with Crippen molar-refractivity contribution in [3.05, 3.63) is 82.4 Å². The lowest BCUT2D eigenvalue weighted by molar-refractivity contribution is -0.132. The van der Waals surface area contributed by atoms with E-state index in [1.54, 1.807) is 49.4 Å². The molecule has 232 valence electrons. The normalized spacial score (nSPS) is 15.7. The van der Waals surface area contributed by atoms with Crippen LogP contribution in [0.4, 0.5) is 5.13 Å². The molecule has 10 nitrogen and oxygen atoms in total. The van der Waals surface area contributed by atoms with Gasteiger partial charge in [0.05, 0.1) is 37.1 Å². The molecule has 0 radical (unpaired) electrons. The Morgan fingerprint density at radius 1 is 1.05 bits per heavy atom. The molecule has 4 rings (SSSR count). The standard InChI is InChI=1S/C33H36N2O8S/c1-6-10-18-42-24-16-13-22(19-25(24)41-9-4)27-26(28(36)21-11-14-23(15-12-21)40-8-3)29(37)31(38)35(27)33-34-20(5)30(44-33)32(39)43-17-7-2/h7,11-16,19,27,36H,2,6,8-10,17-18H2,1,3-5H3/b28-26+. The van der Waals surface area contributed by atoms with Crippen molar-refractivity contribution in [3.63, 3.8) is 0 Å². The van der Waals surface area contributed by atoms with Crippen LogP contribution in [0.1, 0.15) is 66.1 Å². The van der Waals surface area contributed by atoms with Gasteiger partial charge in [0.15, 0.2) is 16.6 Å². The van der Waals surface area contributed by atoms with Crippen LogP contribution in [0, 0.1) is 6.92 Å². The summed E-state index contributed by atoms with van der Waals surface area (Å²) in [5.74, 6) is -1.24. The van der Waals surface area contributed by atoms with Crippen LogP contribution >= 0.6 is 11.3 Å². The van der Waals surface area contributed by atoms with Gasteiger partial charge in [0.2, 0.25) is 0 Å². The summed E-state index contributed by atoms with van der Waals surface area (Å²) < 4.78 is 22.5. The molecule has 1 N–H and O–H groups in total. The number of aromatic nitrogens is 1. The molecule has 1 aliphatic rings. The number of esters is 1. The monoisotopic (exact) mass is 620 g/mol. The number of hydrogen-bond donors (Lipinski definition) is 1. The van der Waals surface area contributed by atoms with Crippen LogP contribution in [-0.4, -0.2) is 54.2 Å². The number of ether oxygens (including phenoxy) is 4. The minimum absolute atomic E-state index is 0.00495. The van der Waals surface area contributed by atoms with E-state index in [1.165, 1.54) is 11.0 Å². The number of thiazole rings is 1. The van der Waals surface area contributed by atoms with Crippen molar-refractivity contribution in [1.82, 2.24) is 4.98 Å². The number of ketones is 1. The number of anilines is 1. The van der Waals surface area contributed by atoms with Gasteiger partial charge in [-0.3, -0.25) is 14.5 Å². The molecule has 1 atom stereocenters. The molecule has 2 heterocycles. The molecule has 1 aliphatic heterocycles. The van der Waals surface area contributed by atoms with E-state index in [0.29, 0.717) is 53.9 Å². The summed E-state index contributed by atoms with van der Waals surface area (Å²) in [6.07, 6.45) is 3.26. The number of amides is 1. The number of aryl methyl sites for hydroxylation is 1. The number of Topliss-reactive ketones (excluding diaryl/α,β-unsaturated/α-hetero) is 1. The molecule has 1 aromatic heterocycles. The fourth-order valence-electron chi connectivity index (χ4n) is 4.66. The molecule has 3 aromatic rings.